The monoisotopic (exact) mass is 327 g/mol. The molecule has 0 atom stereocenters. The summed E-state index contributed by atoms with van der Waals surface area (Å²) in [6.07, 6.45) is 0. The molecule has 1 aliphatic heterocycles. The summed E-state index contributed by atoms with van der Waals surface area (Å²) in [5.41, 5.74) is 3.67. The summed E-state index contributed by atoms with van der Waals surface area (Å²) in [6, 6.07) is 13.2. The van der Waals surface area contributed by atoms with Gasteiger partial charge in [0.25, 0.3) is 0 Å². The Hall–Kier alpha value is -2.40. The van der Waals surface area contributed by atoms with E-state index in [9.17, 15) is 9.18 Å². The Balaban J connectivity index is 1.61. The average Bonchev–Trinajstić information content (AvgIpc) is 2.79. The molecular formula is C19H22FN3O. The number of anilines is 1. The molecule has 1 amide bonds. The molecule has 0 saturated carbocycles. The number of hydrogen-bond acceptors (Lipinski definition) is 3. The van der Waals surface area contributed by atoms with Crippen LogP contribution < -0.4 is 15.5 Å². The van der Waals surface area contributed by atoms with E-state index in [0.29, 0.717) is 18.7 Å². The van der Waals surface area contributed by atoms with Gasteiger partial charge in [-0.2, -0.15) is 0 Å². The van der Waals surface area contributed by atoms with Crippen LogP contribution in [0.3, 0.4) is 0 Å². The zero-order chi connectivity index (χ0) is 16.9. The third-order valence-corrected chi connectivity index (χ3v) is 4.27. The molecule has 0 unspecified atom stereocenters. The third-order valence-electron chi connectivity index (χ3n) is 4.27. The third kappa shape index (κ3) is 3.92. The van der Waals surface area contributed by atoms with Gasteiger partial charge in [0.1, 0.15) is 5.82 Å². The second kappa shape index (κ2) is 7.45. The summed E-state index contributed by atoms with van der Waals surface area (Å²) >= 11 is 0. The van der Waals surface area contributed by atoms with E-state index in [0.717, 1.165) is 30.9 Å². The lowest BCUT2D eigenvalue weighted by Crippen LogP contribution is -2.39. The van der Waals surface area contributed by atoms with Crippen molar-refractivity contribution in [3.05, 3.63) is 65.0 Å². The highest BCUT2D eigenvalue weighted by Crippen LogP contribution is 2.21. The van der Waals surface area contributed by atoms with Crippen LogP contribution in [-0.2, 0) is 17.9 Å². The second-order valence-corrected chi connectivity index (χ2v) is 6.09. The lowest BCUT2D eigenvalue weighted by molar-refractivity contribution is -0.119. The number of carbonyl (C=O) groups excluding carboxylic acids is 1. The highest BCUT2D eigenvalue weighted by molar-refractivity contribution is 5.81. The highest BCUT2D eigenvalue weighted by Gasteiger charge is 2.17. The smallest absolute Gasteiger partial charge is 0.239 e. The minimum Gasteiger partial charge on any atom is -0.361 e. The Kier molecular flexibility index (Phi) is 5.11. The predicted molar refractivity (Wildman–Crippen MR) is 93.3 cm³/mol. The van der Waals surface area contributed by atoms with E-state index in [-0.39, 0.29) is 11.7 Å². The molecule has 5 heteroatoms. The number of rotatable bonds is 4. The number of carbonyl (C=O) groups is 1. The van der Waals surface area contributed by atoms with Gasteiger partial charge in [0.2, 0.25) is 5.91 Å². The van der Waals surface area contributed by atoms with Crippen LogP contribution >= 0.6 is 0 Å². The van der Waals surface area contributed by atoms with E-state index in [1.54, 1.807) is 13.0 Å². The number of hydrogen-bond donors (Lipinski definition) is 2. The SMILES string of the molecule is Cc1ccc(CNC(=O)CN2CCNCc3ccccc32)cc1F. The first-order valence-electron chi connectivity index (χ1n) is 8.19. The van der Waals surface area contributed by atoms with Gasteiger partial charge in [-0.1, -0.05) is 30.3 Å². The predicted octanol–water partition coefficient (Wildman–Crippen LogP) is 2.36. The maximum Gasteiger partial charge on any atom is 0.239 e. The Bertz CT molecular complexity index is 732. The fraction of sp³-hybridized carbons (Fsp3) is 0.316. The van der Waals surface area contributed by atoms with Gasteiger partial charge in [0.15, 0.2) is 0 Å². The Morgan fingerprint density at radius 3 is 2.96 bits per heavy atom. The van der Waals surface area contributed by atoms with E-state index in [1.165, 1.54) is 11.6 Å². The standard InChI is InChI=1S/C19H22FN3O/c1-14-6-7-15(10-17(14)20)11-22-19(24)13-23-9-8-21-12-16-4-2-3-5-18(16)23/h2-7,10,21H,8-9,11-13H2,1H3,(H,22,24). The zero-order valence-corrected chi connectivity index (χ0v) is 13.8. The molecule has 126 valence electrons. The minimum absolute atomic E-state index is 0.0623. The molecule has 4 nitrogen and oxygen atoms in total. The van der Waals surface area contributed by atoms with Crippen LogP contribution in [0.25, 0.3) is 0 Å². The quantitative estimate of drug-likeness (QED) is 0.906. The van der Waals surface area contributed by atoms with Crippen molar-refractivity contribution in [2.45, 2.75) is 20.0 Å². The fourth-order valence-corrected chi connectivity index (χ4v) is 2.87. The molecule has 0 saturated heterocycles. The number of halogens is 1. The molecule has 1 aliphatic rings. The van der Waals surface area contributed by atoms with Crippen molar-refractivity contribution in [1.82, 2.24) is 10.6 Å². The van der Waals surface area contributed by atoms with E-state index in [1.807, 2.05) is 24.3 Å². The van der Waals surface area contributed by atoms with Gasteiger partial charge in [-0.15, -0.1) is 0 Å². The van der Waals surface area contributed by atoms with E-state index in [2.05, 4.69) is 21.6 Å². The van der Waals surface area contributed by atoms with Gasteiger partial charge in [-0.25, -0.2) is 4.39 Å². The molecular weight excluding hydrogens is 305 g/mol. The summed E-state index contributed by atoms with van der Waals surface area (Å²) in [5, 5.41) is 6.24. The molecule has 2 aromatic rings. The van der Waals surface area contributed by atoms with Crippen LogP contribution in [-0.4, -0.2) is 25.5 Å². The first-order valence-corrected chi connectivity index (χ1v) is 8.19. The highest BCUT2D eigenvalue weighted by atomic mass is 19.1. The number of para-hydroxylation sites is 1. The number of nitrogens with zero attached hydrogens (tertiary/aromatic N) is 1. The summed E-state index contributed by atoms with van der Waals surface area (Å²) in [7, 11) is 0. The molecule has 0 aromatic heterocycles. The number of fused-ring (bicyclic) bond motifs is 1. The van der Waals surface area contributed by atoms with Crippen molar-refractivity contribution in [1.29, 1.82) is 0 Å². The van der Waals surface area contributed by atoms with Gasteiger partial charge in [-0.05, 0) is 35.7 Å². The summed E-state index contributed by atoms with van der Waals surface area (Å²) < 4.78 is 13.6. The number of amides is 1. The molecule has 0 bridgehead atoms. The molecule has 0 aliphatic carbocycles. The molecule has 1 heterocycles. The largest absolute Gasteiger partial charge is 0.361 e. The Labute approximate surface area is 141 Å². The van der Waals surface area contributed by atoms with E-state index >= 15 is 0 Å². The fourth-order valence-electron chi connectivity index (χ4n) is 2.87. The van der Waals surface area contributed by atoms with Crippen LogP contribution in [0, 0.1) is 12.7 Å². The molecule has 0 spiro atoms. The molecule has 2 N–H and O–H groups in total. The van der Waals surface area contributed by atoms with Crippen LogP contribution in [0.15, 0.2) is 42.5 Å². The van der Waals surface area contributed by atoms with Crippen LogP contribution in [0.5, 0.6) is 0 Å². The molecule has 2 aromatic carbocycles. The average molecular weight is 327 g/mol. The van der Waals surface area contributed by atoms with Gasteiger partial charge < -0.3 is 15.5 Å². The van der Waals surface area contributed by atoms with Crippen LogP contribution in [0.2, 0.25) is 0 Å². The zero-order valence-electron chi connectivity index (χ0n) is 13.8. The molecule has 0 fully saturated rings. The lowest BCUT2D eigenvalue weighted by Gasteiger charge is -2.23. The summed E-state index contributed by atoms with van der Waals surface area (Å²) in [5.74, 6) is -0.304. The minimum atomic E-state index is -0.241. The first-order chi connectivity index (χ1) is 11.6. The van der Waals surface area contributed by atoms with E-state index in [4.69, 9.17) is 0 Å². The lowest BCUT2D eigenvalue weighted by atomic mass is 10.1. The number of aryl methyl sites for hydroxylation is 1. The first kappa shape index (κ1) is 16.5. The second-order valence-electron chi connectivity index (χ2n) is 6.09. The van der Waals surface area contributed by atoms with Crippen molar-refractivity contribution in [2.24, 2.45) is 0 Å². The van der Waals surface area contributed by atoms with Crippen molar-refractivity contribution >= 4 is 11.6 Å². The normalized spacial score (nSPS) is 14.0. The Morgan fingerprint density at radius 1 is 1.29 bits per heavy atom. The van der Waals surface area contributed by atoms with E-state index < -0.39 is 0 Å². The molecule has 3 rings (SSSR count). The van der Waals surface area contributed by atoms with Gasteiger partial charge in [0, 0.05) is 31.9 Å². The van der Waals surface area contributed by atoms with Crippen LogP contribution in [0.1, 0.15) is 16.7 Å². The van der Waals surface area contributed by atoms with Gasteiger partial charge in [0.05, 0.1) is 6.54 Å². The van der Waals surface area contributed by atoms with Gasteiger partial charge in [-0.3, -0.25) is 4.79 Å². The maximum absolute atomic E-state index is 13.6. The summed E-state index contributed by atoms with van der Waals surface area (Å²) in [4.78, 5) is 14.4. The number of benzene rings is 2. The maximum atomic E-state index is 13.6. The molecule has 0 radical (unpaired) electrons. The van der Waals surface area contributed by atoms with Crippen molar-refractivity contribution < 1.29 is 9.18 Å². The summed E-state index contributed by atoms with van der Waals surface area (Å²) in [6.45, 7) is 4.80. The van der Waals surface area contributed by atoms with Crippen molar-refractivity contribution in [3.63, 3.8) is 0 Å². The van der Waals surface area contributed by atoms with Crippen molar-refractivity contribution in [3.8, 4) is 0 Å². The van der Waals surface area contributed by atoms with Crippen molar-refractivity contribution in [2.75, 3.05) is 24.5 Å². The number of nitrogens with one attached hydrogen (secondary N) is 2. The van der Waals surface area contributed by atoms with Gasteiger partial charge >= 0.3 is 0 Å². The molecule has 24 heavy (non-hydrogen) atoms. The topological polar surface area (TPSA) is 44.4 Å². The van der Waals surface area contributed by atoms with Crippen LogP contribution in [0.4, 0.5) is 10.1 Å². The Morgan fingerprint density at radius 2 is 2.12 bits per heavy atom.